The van der Waals surface area contributed by atoms with E-state index in [1.807, 2.05) is 0 Å². The first-order valence-corrected chi connectivity index (χ1v) is 8.78. The number of fused-ring (bicyclic) bond motifs is 1. The second kappa shape index (κ2) is 7.52. The minimum atomic E-state index is -0.904. The number of benzene rings is 3. The van der Waals surface area contributed by atoms with E-state index in [-0.39, 0.29) is 40.5 Å². The van der Waals surface area contributed by atoms with E-state index < -0.39 is 23.1 Å². The van der Waals surface area contributed by atoms with Crippen LogP contribution in [0.15, 0.2) is 72.8 Å². The fourth-order valence-electron chi connectivity index (χ4n) is 3.00. The Morgan fingerprint density at radius 2 is 0.931 bits per heavy atom. The van der Waals surface area contributed by atoms with Gasteiger partial charge in [-0.25, -0.2) is 0 Å². The summed E-state index contributed by atoms with van der Waals surface area (Å²) in [7, 11) is 0. The van der Waals surface area contributed by atoms with Crippen molar-refractivity contribution < 1.29 is 28.7 Å². The van der Waals surface area contributed by atoms with E-state index >= 15 is 0 Å². The molecule has 142 valence electrons. The smallest absolute Gasteiger partial charge is 0.234 e. The summed E-state index contributed by atoms with van der Waals surface area (Å²) in [4.78, 5) is 51.1. The Morgan fingerprint density at radius 3 is 1.31 bits per heavy atom. The molecule has 29 heavy (non-hydrogen) atoms. The Hall–Kier alpha value is -4.06. The zero-order chi connectivity index (χ0) is 20.4. The fourth-order valence-corrected chi connectivity index (χ4v) is 3.00. The molecule has 6 heteroatoms. The summed E-state index contributed by atoms with van der Waals surface area (Å²) in [5.41, 5.74) is -0.0272. The standard InChI is InChI=1S/C23H14O6/c24-20(14-7-3-1-4-8-14)22(26)16-11-18-19(29-13-28-18)12-17(16)23(27)21(25)15-9-5-2-6-10-15/h1-12H,13H2. The van der Waals surface area contributed by atoms with Gasteiger partial charge in [0, 0.05) is 22.3 Å². The van der Waals surface area contributed by atoms with Crippen molar-refractivity contribution in [1.82, 2.24) is 0 Å². The lowest BCUT2D eigenvalue weighted by atomic mass is 9.92. The number of rotatable bonds is 6. The predicted octanol–water partition coefficient (Wildman–Crippen LogP) is 3.55. The van der Waals surface area contributed by atoms with E-state index in [0.29, 0.717) is 0 Å². The third-order valence-corrected chi connectivity index (χ3v) is 4.49. The average molecular weight is 386 g/mol. The van der Waals surface area contributed by atoms with Gasteiger partial charge >= 0.3 is 0 Å². The summed E-state index contributed by atoms with van der Waals surface area (Å²) < 4.78 is 10.5. The molecule has 0 aromatic heterocycles. The molecule has 0 unspecified atom stereocenters. The molecule has 0 N–H and O–H groups in total. The van der Waals surface area contributed by atoms with Crippen LogP contribution in [-0.2, 0) is 0 Å². The van der Waals surface area contributed by atoms with E-state index in [9.17, 15) is 19.2 Å². The minimum Gasteiger partial charge on any atom is -0.454 e. The maximum absolute atomic E-state index is 12.9. The van der Waals surface area contributed by atoms with E-state index in [4.69, 9.17) is 9.47 Å². The number of carbonyl (C=O) groups is 4. The number of carbonyl (C=O) groups excluding carboxylic acids is 4. The minimum absolute atomic E-state index is 0.0835. The van der Waals surface area contributed by atoms with Crippen LogP contribution in [0.5, 0.6) is 11.5 Å². The third kappa shape index (κ3) is 3.43. The summed E-state index contributed by atoms with van der Waals surface area (Å²) >= 11 is 0. The molecule has 0 radical (unpaired) electrons. The molecular weight excluding hydrogens is 372 g/mol. The molecule has 6 nitrogen and oxygen atoms in total. The third-order valence-electron chi connectivity index (χ3n) is 4.49. The van der Waals surface area contributed by atoms with E-state index in [1.165, 1.54) is 36.4 Å². The quantitative estimate of drug-likeness (QED) is 0.476. The van der Waals surface area contributed by atoms with Gasteiger partial charge in [-0.2, -0.15) is 0 Å². The van der Waals surface area contributed by atoms with Gasteiger partial charge < -0.3 is 9.47 Å². The molecule has 0 spiro atoms. The maximum Gasteiger partial charge on any atom is 0.234 e. The lowest BCUT2D eigenvalue weighted by molar-refractivity contribution is 0.0801. The number of hydrogen-bond donors (Lipinski definition) is 0. The van der Waals surface area contributed by atoms with Crippen molar-refractivity contribution in [3.63, 3.8) is 0 Å². The van der Waals surface area contributed by atoms with Gasteiger partial charge in [0.05, 0.1) is 0 Å². The molecule has 1 aliphatic heterocycles. The van der Waals surface area contributed by atoms with Gasteiger partial charge in [0.25, 0.3) is 0 Å². The summed E-state index contributed by atoms with van der Waals surface area (Å²) in [6.45, 7) is -0.0835. The molecule has 3 aromatic carbocycles. The molecule has 3 aromatic rings. The van der Waals surface area contributed by atoms with Crippen molar-refractivity contribution in [2.45, 2.75) is 0 Å². The van der Waals surface area contributed by atoms with E-state index in [1.54, 1.807) is 36.4 Å². The first-order chi connectivity index (χ1) is 14.1. The van der Waals surface area contributed by atoms with Crippen LogP contribution in [0, 0.1) is 0 Å². The van der Waals surface area contributed by atoms with Crippen molar-refractivity contribution in [2.24, 2.45) is 0 Å². The van der Waals surface area contributed by atoms with Crippen molar-refractivity contribution in [3.05, 3.63) is 95.1 Å². The van der Waals surface area contributed by atoms with Gasteiger partial charge in [-0.3, -0.25) is 19.2 Å². The SMILES string of the molecule is O=C(C(=O)c1cc2c(cc1C(=O)C(=O)c1ccccc1)OCO2)c1ccccc1. The molecule has 1 aliphatic rings. The highest BCUT2D eigenvalue weighted by Gasteiger charge is 2.31. The highest BCUT2D eigenvalue weighted by molar-refractivity contribution is 6.54. The van der Waals surface area contributed by atoms with E-state index in [0.717, 1.165) is 0 Å². The summed E-state index contributed by atoms with van der Waals surface area (Å²) in [5.74, 6) is -2.91. The molecular formula is C23H14O6. The number of ketones is 4. The van der Waals surface area contributed by atoms with Crippen molar-refractivity contribution in [1.29, 1.82) is 0 Å². The molecule has 0 saturated heterocycles. The second-order valence-electron chi connectivity index (χ2n) is 6.30. The molecule has 0 bridgehead atoms. The lowest BCUT2D eigenvalue weighted by Crippen LogP contribution is -2.22. The molecule has 4 rings (SSSR count). The Morgan fingerprint density at radius 1 is 0.552 bits per heavy atom. The van der Waals surface area contributed by atoms with Gasteiger partial charge in [0.1, 0.15) is 0 Å². The molecule has 0 amide bonds. The predicted molar refractivity (Wildman–Crippen MR) is 103 cm³/mol. The van der Waals surface area contributed by atoms with Gasteiger partial charge in [0.15, 0.2) is 11.5 Å². The molecule has 0 atom stereocenters. The second-order valence-corrected chi connectivity index (χ2v) is 6.30. The zero-order valence-corrected chi connectivity index (χ0v) is 15.1. The van der Waals surface area contributed by atoms with Crippen molar-refractivity contribution in [3.8, 4) is 11.5 Å². The van der Waals surface area contributed by atoms with Gasteiger partial charge in [-0.15, -0.1) is 0 Å². The van der Waals surface area contributed by atoms with Crippen LogP contribution in [0.25, 0.3) is 0 Å². The fraction of sp³-hybridized carbons (Fsp3) is 0.0435. The molecule has 1 heterocycles. The molecule has 0 fully saturated rings. The number of ether oxygens (including phenoxy) is 2. The van der Waals surface area contributed by atoms with Crippen molar-refractivity contribution >= 4 is 23.1 Å². The van der Waals surface area contributed by atoms with Crippen LogP contribution in [0.2, 0.25) is 0 Å². The van der Waals surface area contributed by atoms with Crippen LogP contribution in [0.3, 0.4) is 0 Å². The Balaban J connectivity index is 1.78. The largest absolute Gasteiger partial charge is 0.454 e. The van der Waals surface area contributed by atoms with E-state index in [2.05, 4.69) is 0 Å². The Labute approximate surface area is 165 Å². The summed E-state index contributed by atoms with van der Waals surface area (Å²) in [6, 6.07) is 18.5. The highest BCUT2D eigenvalue weighted by atomic mass is 16.7. The monoisotopic (exact) mass is 386 g/mol. The van der Waals surface area contributed by atoms with Crippen LogP contribution in [0.4, 0.5) is 0 Å². The molecule has 0 saturated carbocycles. The summed E-state index contributed by atoms with van der Waals surface area (Å²) in [6.07, 6.45) is 0. The van der Waals surface area contributed by atoms with Gasteiger partial charge in [0.2, 0.25) is 29.9 Å². The topological polar surface area (TPSA) is 86.7 Å². The highest BCUT2D eigenvalue weighted by Crippen LogP contribution is 2.35. The van der Waals surface area contributed by atoms with Crippen LogP contribution < -0.4 is 9.47 Å². The van der Waals surface area contributed by atoms with Gasteiger partial charge in [-0.05, 0) is 12.1 Å². The Bertz CT molecular complexity index is 1040. The first-order valence-electron chi connectivity index (χ1n) is 8.78. The maximum atomic E-state index is 12.9. The zero-order valence-electron chi connectivity index (χ0n) is 15.1. The molecule has 0 aliphatic carbocycles. The average Bonchev–Trinajstić information content (AvgIpc) is 3.25. The Kier molecular flexibility index (Phi) is 4.75. The normalized spacial score (nSPS) is 11.7. The van der Waals surface area contributed by atoms with Crippen molar-refractivity contribution in [2.75, 3.05) is 6.79 Å². The van der Waals surface area contributed by atoms with Crippen LogP contribution >= 0.6 is 0 Å². The summed E-state index contributed by atoms with van der Waals surface area (Å²) in [5, 5.41) is 0. The van der Waals surface area contributed by atoms with Crippen LogP contribution in [-0.4, -0.2) is 29.9 Å². The van der Waals surface area contributed by atoms with Crippen LogP contribution in [0.1, 0.15) is 41.4 Å². The number of Topliss-reactive ketones (excluding diaryl/α,β-unsaturated/α-hetero) is 4. The number of hydrogen-bond acceptors (Lipinski definition) is 6. The lowest BCUT2D eigenvalue weighted by Gasteiger charge is -2.09. The van der Waals surface area contributed by atoms with Gasteiger partial charge in [-0.1, -0.05) is 60.7 Å². The first kappa shape index (κ1) is 18.3.